The highest BCUT2D eigenvalue weighted by Crippen LogP contribution is 2.38. The van der Waals surface area contributed by atoms with Gasteiger partial charge in [0.05, 0.1) is 6.54 Å². The van der Waals surface area contributed by atoms with Gasteiger partial charge in [-0.2, -0.15) is 0 Å². The molecule has 3 rings (SSSR count). The van der Waals surface area contributed by atoms with Crippen molar-refractivity contribution in [1.82, 2.24) is 20.4 Å². The van der Waals surface area contributed by atoms with Crippen LogP contribution in [0.4, 0.5) is 0 Å². The van der Waals surface area contributed by atoms with Crippen LogP contribution >= 0.6 is 0 Å². The van der Waals surface area contributed by atoms with Crippen LogP contribution in [0.3, 0.4) is 0 Å². The molecule has 3 aliphatic rings. The van der Waals surface area contributed by atoms with E-state index in [1.54, 1.807) is 0 Å². The van der Waals surface area contributed by atoms with E-state index in [1.807, 2.05) is 45.8 Å². The molecular formula is C24H40N4O2. The molecule has 2 amide bonds. The Balaban J connectivity index is 1.50. The molecule has 2 unspecified atom stereocenters. The number of amides is 2. The van der Waals surface area contributed by atoms with Crippen LogP contribution < -0.4 is 10.6 Å². The zero-order valence-electron chi connectivity index (χ0n) is 19.5. The number of nitrogens with zero attached hydrogens (tertiary/aromatic N) is 2. The predicted molar refractivity (Wildman–Crippen MR) is 121 cm³/mol. The summed E-state index contributed by atoms with van der Waals surface area (Å²) in [6.45, 7) is 11.4. The van der Waals surface area contributed by atoms with Crippen molar-refractivity contribution in [3.8, 4) is 0 Å². The van der Waals surface area contributed by atoms with Crippen molar-refractivity contribution in [3.63, 3.8) is 0 Å². The summed E-state index contributed by atoms with van der Waals surface area (Å²) < 4.78 is 0. The molecule has 2 aliphatic heterocycles. The molecule has 2 bridgehead atoms. The largest absolute Gasteiger partial charge is 0.373 e. The fraction of sp³-hybridized carbons (Fsp3) is 0.750. The maximum atomic E-state index is 12.8. The molecule has 0 aromatic carbocycles. The average molecular weight is 417 g/mol. The number of hydrogen-bond acceptors (Lipinski definition) is 4. The van der Waals surface area contributed by atoms with Crippen LogP contribution in [0.25, 0.3) is 0 Å². The van der Waals surface area contributed by atoms with Crippen LogP contribution in [-0.4, -0.2) is 66.4 Å². The molecule has 0 aromatic heterocycles. The lowest BCUT2D eigenvalue weighted by molar-refractivity contribution is -0.125. The van der Waals surface area contributed by atoms with Crippen LogP contribution in [0.2, 0.25) is 0 Å². The number of fused-ring (bicyclic) bond motifs is 2. The van der Waals surface area contributed by atoms with Crippen molar-refractivity contribution in [2.24, 2.45) is 11.8 Å². The molecule has 3 fully saturated rings. The Morgan fingerprint density at radius 1 is 1.10 bits per heavy atom. The third kappa shape index (κ3) is 6.10. The van der Waals surface area contributed by atoms with Gasteiger partial charge in [0, 0.05) is 38.3 Å². The Morgan fingerprint density at radius 3 is 2.20 bits per heavy atom. The number of hydrogen-bond donors (Lipinski definition) is 2. The molecule has 6 heteroatoms. The second-order valence-corrected chi connectivity index (χ2v) is 10.7. The number of carbonyl (C=O) groups is 2. The highest BCUT2D eigenvalue weighted by molar-refractivity contribution is 5.93. The first kappa shape index (κ1) is 22.9. The second-order valence-electron chi connectivity index (χ2n) is 10.7. The van der Waals surface area contributed by atoms with Crippen molar-refractivity contribution in [2.45, 2.75) is 76.9 Å². The van der Waals surface area contributed by atoms with Crippen LogP contribution in [0.5, 0.6) is 0 Å². The Labute approximate surface area is 182 Å². The average Bonchev–Trinajstić information content (AvgIpc) is 3.44. The number of carbonyl (C=O) groups excluding carboxylic acids is 2. The smallest absolute Gasteiger partial charge is 0.267 e. The van der Waals surface area contributed by atoms with E-state index in [0.717, 1.165) is 31.3 Å². The molecular weight excluding hydrogens is 376 g/mol. The minimum Gasteiger partial charge on any atom is -0.373 e. The Hall–Kier alpha value is -1.82. The molecule has 1 aliphatic carbocycles. The SMILES string of the molecule is C=C(/C=C(/C(=O)NCC1CC2CC[C@@H](C1)N2CC(=O)NC(C)(C)C)N(C)C)C1CC1. The van der Waals surface area contributed by atoms with E-state index in [9.17, 15) is 9.59 Å². The lowest BCUT2D eigenvalue weighted by Gasteiger charge is -2.39. The quantitative estimate of drug-likeness (QED) is 0.472. The Morgan fingerprint density at radius 2 is 1.70 bits per heavy atom. The van der Waals surface area contributed by atoms with E-state index in [2.05, 4.69) is 22.1 Å². The molecule has 30 heavy (non-hydrogen) atoms. The van der Waals surface area contributed by atoms with Crippen LogP contribution in [-0.2, 0) is 9.59 Å². The molecule has 2 heterocycles. The van der Waals surface area contributed by atoms with Gasteiger partial charge in [0.2, 0.25) is 5.91 Å². The second kappa shape index (κ2) is 9.13. The van der Waals surface area contributed by atoms with E-state index in [1.165, 1.54) is 12.8 Å². The molecule has 2 N–H and O–H groups in total. The van der Waals surface area contributed by atoms with Crippen molar-refractivity contribution in [3.05, 3.63) is 23.9 Å². The first-order valence-electron chi connectivity index (χ1n) is 11.5. The fourth-order valence-corrected chi connectivity index (χ4v) is 4.91. The molecule has 3 atom stereocenters. The zero-order chi connectivity index (χ0) is 22.1. The minimum atomic E-state index is -0.193. The first-order chi connectivity index (χ1) is 14.0. The summed E-state index contributed by atoms with van der Waals surface area (Å²) >= 11 is 0. The summed E-state index contributed by atoms with van der Waals surface area (Å²) in [6, 6.07) is 0.907. The van der Waals surface area contributed by atoms with Crippen molar-refractivity contribution in [2.75, 3.05) is 27.2 Å². The van der Waals surface area contributed by atoms with E-state index in [-0.39, 0.29) is 17.4 Å². The van der Waals surface area contributed by atoms with E-state index < -0.39 is 0 Å². The molecule has 6 nitrogen and oxygen atoms in total. The van der Waals surface area contributed by atoms with Gasteiger partial charge in [-0.3, -0.25) is 14.5 Å². The molecule has 2 saturated heterocycles. The number of nitrogens with one attached hydrogen (secondary N) is 2. The summed E-state index contributed by atoms with van der Waals surface area (Å²) in [6.07, 6.45) is 8.74. The van der Waals surface area contributed by atoms with Gasteiger partial charge >= 0.3 is 0 Å². The molecule has 1 saturated carbocycles. The number of allylic oxidation sites excluding steroid dienone is 2. The third-order valence-corrected chi connectivity index (χ3v) is 6.51. The van der Waals surface area contributed by atoms with Gasteiger partial charge in [-0.1, -0.05) is 6.58 Å². The standard InChI is InChI=1S/C24H40N4O2/c1-16(18-7-8-18)11-21(27(5)6)23(30)25-14-17-12-19-9-10-20(13-17)28(19)15-22(29)26-24(2,3)4/h11,17-20H,1,7-10,12-15H2,2-6H3,(H,25,30)(H,26,29)/b21-11-/t17?,19-,20?/m0/s1. The van der Waals surface area contributed by atoms with Gasteiger partial charge in [-0.05, 0) is 82.8 Å². The summed E-state index contributed by atoms with van der Waals surface area (Å²) in [4.78, 5) is 29.5. The van der Waals surface area contributed by atoms with Crippen molar-refractivity contribution >= 4 is 11.8 Å². The van der Waals surface area contributed by atoms with E-state index >= 15 is 0 Å². The topological polar surface area (TPSA) is 64.7 Å². The molecule has 0 aromatic rings. The molecule has 168 valence electrons. The van der Waals surface area contributed by atoms with Gasteiger partial charge in [-0.25, -0.2) is 0 Å². The fourth-order valence-electron chi connectivity index (χ4n) is 4.91. The maximum absolute atomic E-state index is 12.8. The number of piperidine rings is 1. The lowest BCUT2D eigenvalue weighted by atomic mass is 9.90. The van der Waals surface area contributed by atoms with Crippen LogP contribution in [0, 0.1) is 11.8 Å². The normalized spacial score (nSPS) is 27.0. The maximum Gasteiger partial charge on any atom is 0.267 e. The van der Waals surface area contributed by atoms with Gasteiger partial charge in [0.15, 0.2) is 0 Å². The summed E-state index contributed by atoms with van der Waals surface area (Å²) in [5, 5.41) is 6.25. The van der Waals surface area contributed by atoms with Crippen molar-refractivity contribution in [1.29, 1.82) is 0 Å². The summed E-state index contributed by atoms with van der Waals surface area (Å²) in [5.74, 6) is 1.13. The van der Waals surface area contributed by atoms with Gasteiger partial charge < -0.3 is 15.5 Å². The summed E-state index contributed by atoms with van der Waals surface area (Å²) in [5.41, 5.74) is 1.56. The zero-order valence-corrected chi connectivity index (χ0v) is 19.5. The van der Waals surface area contributed by atoms with Gasteiger partial charge in [0.25, 0.3) is 5.91 Å². The van der Waals surface area contributed by atoms with E-state index in [0.29, 0.717) is 42.7 Å². The van der Waals surface area contributed by atoms with E-state index in [4.69, 9.17) is 0 Å². The Kier molecular flexibility index (Phi) is 6.95. The number of rotatable bonds is 8. The predicted octanol–water partition coefficient (Wildman–Crippen LogP) is 2.67. The minimum absolute atomic E-state index is 0.0128. The highest BCUT2D eigenvalue weighted by Gasteiger charge is 2.41. The van der Waals surface area contributed by atoms with Crippen LogP contribution in [0.1, 0.15) is 59.3 Å². The highest BCUT2D eigenvalue weighted by atomic mass is 16.2. The van der Waals surface area contributed by atoms with Gasteiger partial charge in [-0.15, -0.1) is 0 Å². The van der Waals surface area contributed by atoms with Gasteiger partial charge in [0.1, 0.15) is 5.70 Å². The molecule has 0 spiro atoms. The first-order valence-corrected chi connectivity index (χ1v) is 11.5. The van der Waals surface area contributed by atoms with Crippen molar-refractivity contribution < 1.29 is 9.59 Å². The Bertz CT molecular complexity index is 688. The lowest BCUT2D eigenvalue weighted by Crippen LogP contribution is -2.52. The van der Waals surface area contributed by atoms with Crippen LogP contribution in [0.15, 0.2) is 23.9 Å². The summed E-state index contributed by atoms with van der Waals surface area (Å²) in [7, 11) is 3.82. The third-order valence-electron chi connectivity index (χ3n) is 6.51. The molecule has 0 radical (unpaired) electrons. The number of likely N-dealkylation sites (N-methyl/N-ethyl adjacent to an activating group) is 1. The monoisotopic (exact) mass is 416 g/mol.